The van der Waals surface area contributed by atoms with E-state index in [1.807, 2.05) is 6.92 Å². The van der Waals surface area contributed by atoms with Crippen LogP contribution in [0, 0.1) is 0 Å². The SMILES string of the molecule is C[C@H](CNCC(=O)[C@@H](NC(=O)OC(C)(C)C)[C@@H](OC(N)=O)c1ccccc1)O[Si](C)(C)C(C)(C)C. The molecule has 0 fully saturated rings. The van der Waals surface area contributed by atoms with Gasteiger partial charge in [0, 0.05) is 6.54 Å². The molecule has 35 heavy (non-hydrogen) atoms. The summed E-state index contributed by atoms with van der Waals surface area (Å²) in [5.41, 5.74) is 5.02. The van der Waals surface area contributed by atoms with Crippen molar-refractivity contribution in [2.24, 2.45) is 5.73 Å². The lowest BCUT2D eigenvalue weighted by Gasteiger charge is -2.38. The Morgan fingerprint density at radius 2 is 1.60 bits per heavy atom. The molecular formula is C25H43N3O6Si. The summed E-state index contributed by atoms with van der Waals surface area (Å²) in [5.74, 6) is -0.398. The van der Waals surface area contributed by atoms with Crippen LogP contribution in [0.5, 0.6) is 0 Å². The van der Waals surface area contributed by atoms with Crippen molar-refractivity contribution in [1.29, 1.82) is 0 Å². The zero-order chi connectivity index (χ0) is 27.0. The number of hydrogen-bond donors (Lipinski definition) is 3. The summed E-state index contributed by atoms with van der Waals surface area (Å²) < 4.78 is 16.9. The van der Waals surface area contributed by atoms with Crippen molar-refractivity contribution in [3.05, 3.63) is 35.9 Å². The lowest BCUT2D eigenvalue weighted by molar-refractivity contribution is -0.123. The number of alkyl carbamates (subject to hydrolysis) is 1. The van der Waals surface area contributed by atoms with Crippen LogP contribution in [0.4, 0.5) is 9.59 Å². The van der Waals surface area contributed by atoms with Gasteiger partial charge in [-0.3, -0.25) is 4.79 Å². The summed E-state index contributed by atoms with van der Waals surface area (Å²) >= 11 is 0. The van der Waals surface area contributed by atoms with Crippen LogP contribution >= 0.6 is 0 Å². The first-order valence-electron chi connectivity index (χ1n) is 11.8. The number of benzene rings is 1. The molecule has 1 aromatic carbocycles. The summed E-state index contributed by atoms with van der Waals surface area (Å²) in [5, 5.41) is 5.73. The van der Waals surface area contributed by atoms with Gasteiger partial charge < -0.3 is 30.3 Å². The van der Waals surface area contributed by atoms with E-state index < -0.39 is 44.0 Å². The van der Waals surface area contributed by atoms with Gasteiger partial charge >= 0.3 is 12.2 Å². The second-order valence-corrected chi connectivity index (χ2v) is 15.9. The van der Waals surface area contributed by atoms with Crippen molar-refractivity contribution in [3.63, 3.8) is 0 Å². The van der Waals surface area contributed by atoms with Crippen molar-refractivity contribution in [2.75, 3.05) is 13.1 Å². The number of ketones is 1. The Morgan fingerprint density at radius 3 is 2.09 bits per heavy atom. The quantitative estimate of drug-likeness (QED) is 0.380. The van der Waals surface area contributed by atoms with Gasteiger partial charge in [-0.2, -0.15) is 0 Å². The molecule has 0 saturated carbocycles. The van der Waals surface area contributed by atoms with Crippen molar-refractivity contribution >= 4 is 26.3 Å². The number of Topliss-reactive ketones (excluding diaryl/α,β-unsaturated/α-hetero) is 1. The van der Waals surface area contributed by atoms with E-state index in [1.54, 1.807) is 51.1 Å². The molecule has 0 spiro atoms. The highest BCUT2D eigenvalue weighted by molar-refractivity contribution is 6.74. The third kappa shape index (κ3) is 10.8. The molecule has 0 aliphatic carbocycles. The zero-order valence-electron chi connectivity index (χ0n) is 22.6. The normalized spacial score (nSPS) is 15.0. The van der Waals surface area contributed by atoms with E-state index >= 15 is 0 Å². The van der Waals surface area contributed by atoms with Gasteiger partial charge in [-0.05, 0) is 51.4 Å². The largest absolute Gasteiger partial charge is 0.444 e. The van der Waals surface area contributed by atoms with Gasteiger partial charge in [0.2, 0.25) is 0 Å². The third-order valence-corrected chi connectivity index (χ3v) is 10.3. The number of nitrogens with two attached hydrogens (primary N) is 1. The lowest BCUT2D eigenvalue weighted by Crippen LogP contribution is -2.51. The van der Waals surface area contributed by atoms with Crippen LogP contribution in [0.1, 0.15) is 60.1 Å². The Labute approximate surface area is 210 Å². The van der Waals surface area contributed by atoms with Crippen LogP contribution in [0.15, 0.2) is 30.3 Å². The molecule has 0 bridgehead atoms. The fourth-order valence-electron chi connectivity index (χ4n) is 3.09. The molecule has 198 valence electrons. The number of carbonyl (C=O) groups excluding carboxylic acids is 3. The molecule has 10 heteroatoms. The minimum Gasteiger partial charge on any atom is -0.444 e. The van der Waals surface area contributed by atoms with E-state index in [2.05, 4.69) is 44.5 Å². The molecule has 0 aliphatic rings. The number of hydrogen-bond acceptors (Lipinski definition) is 7. The molecule has 0 heterocycles. The van der Waals surface area contributed by atoms with E-state index in [-0.39, 0.29) is 17.7 Å². The Hall–Kier alpha value is -2.43. The topological polar surface area (TPSA) is 129 Å². The fraction of sp³-hybridized carbons (Fsp3) is 0.640. The van der Waals surface area contributed by atoms with Crippen molar-refractivity contribution in [2.45, 2.75) is 90.4 Å². The van der Waals surface area contributed by atoms with Gasteiger partial charge in [-0.15, -0.1) is 0 Å². The molecule has 1 aromatic rings. The Morgan fingerprint density at radius 1 is 1.03 bits per heavy atom. The van der Waals surface area contributed by atoms with Crippen LogP contribution in [-0.2, 0) is 18.7 Å². The van der Waals surface area contributed by atoms with E-state index in [9.17, 15) is 14.4 Å². The molecule has 0 unspecified atom stereocenters. The monoisotopic (exact) mass is 509 g/mol. The highest BCUT2D eigenvalue weighted by atomic mass is 28.4. The summed E-state index contributed by atoms with van der Waals surface area (Å²) in [4.78, 5) is 37.5. The first kappa shape index (κ1) is 30.6. The third-order valence-electron chi connectivity index (χ3n) is 5.73. The highest BCUT2D eigenvalue weighted by Crippen LogP contribution is 2.37. The summed E-state index contributed by atoms with van der Waals surface area (Å²) in [7, 11) is -1.96. The van der Waals surface area contributed by atoms with E-state index in [1.165, 1.54) is 0 Å². The molecule has 3 atom stereocenters. The average Bonchev–Trinajstić information content (AvgIpc) is 2.68. The number of rotatable bonds is 11. The Bertz CT molecular complexity index is 849. The minimum atomic E-state index is -1.96. The van der Waals surface area contributed by atoms with Crippen LogP contribution < -0.4 is 16.4 Å². The Balaban J connectivity index is 3.02. The molecule has 1 rings (SSSR count). The van der Waals surface area contributed by atoms with Crippen LogP contribution in [-0.4, -0.2) is 57.1 Å². The van der Waals surface area contributed by atoms with Gasteiger partial charge in [0.15, 0.2) is 20.2 Å². The maximum atomic E-state index is 13.3. The van der Waals surface area contributed by atoms with E-state index in [0.29, 0.717) is 12.1 Å². The van der Waals surface area contributed by atoms with Crippen LogP contribution in [0.3, 0.4) is 0 Å². The number of nitrogens with one attached hydrogen (secondary N) is 2. The second-order valence-electron chi connectivity index (χ2n) is 11.2. The predicted molar refractivity (Wildman–Crippen MR) is 139 cm³/mol. The first-order chi connectivity index (χ1) is 15.9. The maximum Gasteiger partial charge on any atom is 0.408 e. The zero-order valence-corrected chi connectivity index (χ0v) is 23.6. The van der Waals surface area contributed by atoms with E-state index in [4.69, 9.17) is 19.6 Å². The van der Waals surface area contributed by atoms with Crippen molar-refractivity contribution in [1.82, 2.24) is 10.6 Å². The Kier molecular flexibility index (Phi) is 10.9. The van der Waals surface area contributed by atoms with Gasteiger partial charge in [-0.25, -0.2) is 9.59 Å². The summed E-state index contributed by atoms with van der Waals surface area (Å²) in [6.07, 6.45) is -3.12. The standard InChI is InChI=1S/C25H43N3O6Si/c1-17(34-35(8,9)25(5,6)7)15-27-16-19(29)20(28-23(31)33-24(2,3)4)21(32-22(26)30)18-13-11-10-12-14-18/h10-14,17,20-21,27H,15-16H2,1-9H3,(H2,26,30)(H,28,31)/t17-,20-,21+/m1/s1. The lowest BCUT2D eigenvalue weighted by atomic mass is 9.98. The van der Waals surface area contributed by atoms with Gasteiger partial charge in [0.25, 0.3) is 0 Å². The predicted octanol–water partition coefficient (Wildman–Crippen LogP) is 4.29. The molecular weight excluding hydrogens is 466 g/mol. The molecule has 0 radical (unpaired) electrons. The molecule has 0 aromatic heterocycles. The molecule has 0 saturated heterocycles. The van der Waals surface area contributed by atoms with Crippen LogP contribution in [0.25, 0.3) is 0 Å². The van der Waals surface area contributed by atoms with E-state index in [0.717, 1.165) is 0 Å². The van der Waals surface area contributed by atoms with Crippen LogP contribution in [0.2, 0.25) is 18.1 Å². The summed E-state index contributed by atoms with van der Waals surface area (Å²) in [6, 6.07) is 7.41. The fourth-order valence-corrected chi connectivity index (χ4v) is 4.53. The highest BCUT2D eigenvalue weighted by Gasteiger charge is 2.38. The number of amides is 2. The number of primary amides is 1. The number of carbonyl (C=O) groups is 3. The summed E-state index contributed by atoms with van der Waals surface area (Å²) in [6.45, 7) is 18.3. The first-order valence-corrected chi connectivity index (χ1v) is 14.8. The van der Waals surface area contributed by atoms with Gasteiger partial charge in [-0.1, -0.05) is 51.1 Å². The van der Waals surface area contributed by atoms with Crippen molar-refractivity contribution in [3.8, 4) is 0 Å². The molecule has 4 N–H and O–H groups in total. The molecule has 2 amide bonds. The number of ether oxygens (including phenoxy) is 2. The minimum absolute atomic E-state index is 0.0640. The molecule has 0 aliphatic heterocycles. The molecule has 9 nitrogen and oxygen atoms in total. The second kappa shape index (κ2) is 12.5. The smallest absolute Gasteiger partial charge is 0.408 e. The maximum absolute atomic E-state index is 13.3. The average molecular weight is 510 g/mol. The van der Waals surface area contributed by atoms with Crippen molar-refractivity contribution < 1.29 is 28.3 Å². The van der Waals surface area contributed by atoms with Gasteiger partial charge in [0.05, 0.1) is 12.6 Å². The van der Waals surface area contributed by atoms with Gasteiger partial charge in [0.1, 0.15) is 11.6 Å².